The fraction of sp³-hybridized carbons (Fsp3) is 0.438. The lowest BCUT2D eigenvalue weighted by molar-refractivity contribution is 0.400. The van der Waals surface area contributed by atoms with E-state index < -0.39 is 0 Å². The van der Waals surface area contributed by atoms with Crippen LogP contribution < -0.4 is 5.32 Å². The van der Waals surface area contributed by atoms with Crippen molar-refractivity contribution in [3.8, 4) is 0 Å². The van der Waals surface area contributed by atoms with E-state index in [-0.39, 0.29) is 0 Å². The van der Waals surface area contributed by atoms with Gasteiger partial charge in [-0.15, -0.1) is 0 Å². The van der Waals surface area contributed by atoms with Gasteiger partial charge in [0, 0.05) is 38.4 Å². The molecule has 0 spiro atoms. The molecule has 0 amide bonds. The number of nitrogens with zero attached hydrogens (tertiary/aromatic N) is 3. The number of hydrogen-bond donors (Lipinski definition) is 1. The van der Waals surface area contributed by atoms with Gasteiger partial charge in [-0.25, -0.2) is 0 Å². The van der Waals surface area contributed by atoms with Gasteiger partial charge < -0.3 is 10.2 Å². The molecule has 1 aromatic heterocycles. The van der Waals surface area contributed by atoms with Gasteiger partial charge in [0.2, 0.25) is 0 Å². The molecule has 2 rings (SSSR count). The summed E-state index contributed by atoms with van der Waals surface area (Å²) in [5, 5.41) is 7.88. The van der Waals surface area contributed by atoms with E-state index in [0.29, 0.717) is 0 Å². The van der Waals surface area contributed by atoms with E-state index in [1.54, 1.807) is 0 Å². The van der Waals surface area contributed by atoms with E-state index in [9.17, 15) is 0 Å². The second kappa shape index (κ2) is 6.68. The summed E-state index contributed by atoms with van der Waals surface area (Å²) in [6, 6.07) is 8.60. The van der Waals surface area contributed by atoms with Crippen LogP contribution in [0.15, 0.2) is 30.5 Å². The average Bonchev–Trinajstić information content (AvgIpc) is 2.69. The predicted octanol–water partition coefficient (Wildman–Crippen LogP) is 2.08. The Kier molecular flexibility index (Phi) is 4.93. The first-order valence-corrected chi connectivity index (χ1v) is 6.97. The van der Waals surface area contributed by atoms with E-state index >= 15 is 0 Å². The van der Waals surface area contributed by atoms with Gasteiger partial charge in [0.1, 0.15) is 0 Å². The summed E-state index contributed by atoms with van der Waals surface area (Å²) >= 11 is 0. The molecule has 0 aliphatic carbocycles. The molecule has 4 nitrogen and oxygen atoms in total. The Morgan fingerprint density at radius 2 is 1.75 bits per heavy atom. The van der Waals surface area contributed by atoms with Crippen molar-refractivity contribution in [2.75, 3.05) is 14.1 Å². The minimum absolute atomic E-state index is 0.857. The average molecular weight is 272 g/mol. The van der Waals surface area contributed by atoms with Crippen molar-refractivity contribution in [3.63, 3.8) is 0 Å². The molecule has 108 valence electrons. The molecule has 0 radical (unpaired) electrons. The normalized spacial score (nSPS) is 11.2. The molecule has 0 aliphatic heterocycles. The molecule has 0 aliphatic rings. The maximum atomic E-state index is 4.36. The molecule has 1 N–H and O–H groups in total. The monoisotopic (exact) mass is 272 g/mol. The third-order valence-electron chi connectivity index (χ3n) is 3.35. The van der Waals surface area contributed by atoms with Gasteiger partial charge in [0.05, 0.1) is 5.69 Å². The Morgan fingerprint density at radius 1 is 1.10 bits per heavy atom. The van der Waals surface area contributed by atoms with E-state index in [1.807, 2.05) is 11.7 Å². The summed E-state index contributed by atoms with van der Waals surface area (Å²) in [6.07, 6.45) is 2.08. The van der Waals surface area contributed by atoms with E-state index in [1.165, 1.54) is 16.7 Å². The van der Waals surface area contributed by atoms with Gasteiger partial charge in [-0.3, -0.25) is 4.68 Å². The molecule has 0 bridgehead atoms. The molecule has 0 fully saturated rings. The van der Waals surface area contributed by atoms with Gasteiger partial charge >= 0.3 is 0 Å². The number of aryl methyl sites for hydroxylation is 2. The summed E-state index contributed by atoms with van der Waals surface area (Å²) in [5.41, 5.74) is 5.11. The number of aromatic nitrogens is 2. The van der Waals surface area contributed by atoms with Crippen molar-refractivity contribution >= 4 is 0 Å². The van der Waals surface area contributed by atoms with Crippen LogP contribution in [0.3, 0.4) is 0 Å². The summed E-state index contributed by atoms with van der Waals surface area (Å²) in [7, 11) is 6.16. The molecule has 0 atom stereocenters. The van der Waals surface area contributed by atoms with Gasteiger partial charge in [-0.05, 0) is 32.1 Å². The Balaban J connectivity index is 1.95. The first-order chi connectivity index (χ1) is 9.56. The van der Waals surface area contributed by atoms with Crippen molar-refractivity contribution in [1.29, 1.82) is 0 Å². The lowest BCUT2D eigenvalue weighted by Gasteiger charge is -2.14. The fourth-order valence-electron chi connectivity index (χ4n) is 2.38. The number of hydrogen-bond acceptors (Lipinski definition) is 3. The molecule has 1 aromatic carbocycles. The van der Waals surface area contributed by atoms with Crippen molar-refractivity contribution < 1.29 is 0 Å². The number of nitrogens with one attached hydrogen (secondary N) is 1. The van der Waals surface area contributed by atoms with E-state index in [2.05, 4.69) is 66.8 Å². The summed E-state index contributed by atoms with van der Waals surface area (Å²) in [5.74, 6) is 0. The summed E-state index contributed by atoms with van der Waals surface area (Å²) in [6.45, 7) is 4.77. The molecule has 0 unspecified atom stereocenters. The fourth-order valence-corrected chi connectivity index (χ4v) is 2.38. The second-order valence-electron chi connectivity index (χ2n) is 5.52. The number of benzene rings is 1. The third-order valence-corrected chi connectivity index (χ3v) is 3.35. The van der Waals surface area contributed by atoms with Gasteiger partial charge in [-0.1, -0.05) is 24.3 Å². The van der Waals surface area contributed by atoms with Crippen LogP contribution in [0.5, 0.6) is 0 Å². The highest BCUT2D eigenvalue weighted by Crippen LogP contribution is 2.11. The SMILES string of the molecule is Cc1nn(C)cc1CNCc1ccccc1CN(C)C. The van der Waals surface area contributed by atoms with Crippen molar-refractivity contribution in [2.45, 2.75) is 26.6 Å². The quantitative estimate of drug-likeness (QED) is 0.874. The molecule has 1 heterocycles. The van der Waals surface area contributed by atoms with Crippen molar-refractivity contribution in [2.24, 2.45) is 7.05 Å². The molecule has 0 saturated heterocycles. The third kappa shape index (κ3) is 3.92. The Hall–Kier alpha value is -1.65. The molecule has 4 heteroatoms. The maximum Gasteiger partial charge on any atom is 0.0638 e. The van der Waals surface area contributed by atoms with Crippen LogP contribution in [0.4, 0.5) is 0 Å². The van der Waals surface area contributed by atoms with Gasteiger partial charge in [0.25, 0.3) is 0 Å². The first kappa shape index (κ1) is 14.8. The Morgan fingerprint density at radius 3 is 2.35 bits per heavy atom. The largest absolute Gasteiger partial charge is 0.308 e. The number of rotatable bonds is 6. The smallest absolute Gasteiger partial charge is 0.0638 e. The molecular formula is C16H24N4. The molecular weight excluding hydrogens is 248 g/mol. The summed E-state index contributed by atoms with van der Waals surface area (Å²) in [4.78, 5) is 2.20. The topological polar surface area (TPSA) is 33.1 Å². The standard InChI is InChI=1S/C16H24N4/c1-13-16(12-20(4)18-13)10-17-9-14-7-5-6-8-15(14)11-19(2)3/h5-8,12,17H,9-11H2,1-4H3. The second-order valence-corrected chi connectivity index (χ2v) is 5.52. The van der Waals surface area contributed by atoms with Crippen LogP contribution in [-0.2, 0) is 26.7 Å². The maximum absolute atomic E-state index is 4.36. The van der Waals surface area contributed by atoms with E-state index in [4.69, 9.17) is 0 Å². The van der Waals surface area contributed by atoms with Crippen LogP contribution in [0.1, 0.15) is 22.4 Å². The lowest BCUT2D eigenvalue weighted by Crippen LogP contribution is -2.17. The zero-order chi connectivity index (χ0) is 14.5. The van der Waals surface area contributed by atoms with Gasteiger partial charge in [-0.2, -0.15) is 5.10 Å². The Labute approximate surface area is 121 Å². The van der Waals surface area contributed by atoms with Crippen molar-refractivity contribution in [1.82, 2.24) is 20.0 Å². The van der Waals surface area contributed by atoms with Gasteiger partial charge in [0.15, 0.2) is 0 Å². The lowest BCUT2D eigenvalue weighted by atomic mass is 10.1. The zero-order valence-corrected chi connectivity index (χ0v) is 12.8. The van der Waals surface area contributed by atoms with Crippen LogP contribution in [-0.4, -0.2) is 28.8 Å². The minimum Gasteiger partial charge on any atom is -0.308 e. The zero-order valence-electron chi connectivity index (χ0n) is 12.8. The molecule has 0 saturated carbocycles. The predicted molar refractivity (Wildman–Crippen MR) is 82.3 cm³/mol. The van der Waals surface area contributed by atoms with E-state index in [0.717, 1.165) is 25.3 Å². The first-order valence-electron chi connectivity index (χ1n) is 6.97. The highest BCUT2D eigenvalue weighted by Gasteiger charge is 2.05. The van der Waals surface area contributed by atoms with Crippen LogP contribution >= 0.6 is 0 Å². The van der Waals surface area contributed by atoms with Crippen LogP contribution in [0.2, 0.25) is 0 Å². The Bertz CT molecular complexity index is 557. The highest BCUT2D eigenvalue weighted by molar-refractivity contribution is 5.27. The van der Waals surface area contributed by atoms with Crippen LogP contribution in [0.25, 0.3) is 0 Å². The van der Waals surface area contributed by atoms with Crippen molar-refractivity contribution in [3.05, 3.63) is 52.8 Å². The van der Waals surface area contributed by atoms with Crippen LogP contribution in [0, 0.1) is 6.92 Å². The summed E-state index contributed by atoms with van der Waals surface area (Å²) < 4.78 is 1.87. The molecule has 2 aromatic rings. The molecule has 20 heavy (non-hydrogen) atoms. The highest BCUT2D eigenvalue weighted by atomic mass is 15.2. The minimum atomic E-state index is 0.857.